The van der Waals surface area contributed by atoms with Gasteiger partial charge in [-0.3, -0.25) is 0 Å². The first-order chi connectivity index (χ1) is 7.33. The van der Waals surface area contributed by atoms with Crippen LogP contribution in [0, 0.1) is 0 Å². The van der Waals surface area contributed by atoms with Gasteiger partial charge in [0.15, 0.2) is 0 Å². The summed E-state index contributed by atoms with van der Waals surface area (Å²) in [6.45, 7) is 4.12. The smallest absolute Gasteiger partial charge is 0.0443 e. The van der Waals surface area contributed by atoms with E-state index in [1.807, 2.05) is 18.2 Å². The molecule has 15 heavy (non-hydrogen) atoms. The summed E-state index contributed by atoms with van der Waals surface area (Å²) in [7, 11) is 0. The number of aliphatic hydroxyl groups excluding tert-OH is 1. The maximum atomic E-state index is 8.61. The zero-order valence-electron chi connectivity index (χ0n) is 9.24. The molecule has 1 rings (SSSR count). The topological polar surface area (TPSA) is 32.3 Å². The third kappa shape index (κ3) is 5.35. The predicted octanol–water partition coefficient (Wildman–Crippen LogP) is 2.06. The Labute approximate surface area is 91.6 Å². The molecule has 0 bridgehead atoms. The van der Waals surface area contributed by atoms with Crippen molar-refractivity contribution in [1.82, 2.24) is 5.32 Å². The van der Waals surface area contributed by atoms with Crippen molar-refractivity contribution in [3.8, 4) is 0 Å². The van der Waals surface area contributed by atoms with Gasteiger partial charge in [-0.2, -0.15) is 0 Å². The van der Waals surface area contributed by atoms with Crippen LogP contribution in [-0.2, 0) is 0 Å². The van der Waals surface area contributed by atoms with Crippen LogP contribution in [0.3, 0.4) is 0 Å². The van der Waals surface area contributed by atoms with Gasteiger partial charge in [0.25, 0.3) is 0 Å². The van der Waals surface area contributed by atoms with Gasteiger partial charge in [0.2, 0.25) is 0 Å². The van der Waals surface area contributed by atoms with Crippen LogP contribution in [0.15, 0.2) is 35.9 Å². The Balaban J connectivity index is 2.33. The van der Waals surface area contributed by atoms with Crippen LogP contribution in [0.4, 0.5) is 0 Å². The fourth-order valence-corrected chi connectivity index (χ4v) is 1.37. The third-order valence-electron chi connectivity index (χ3n) is 2.13. The second kappa shape index (κ2) is 7.21. The van der Waals surface area contributed by atoms with E-state index in [1.165, 1.54) is 11.1 Å². The first kappa shape index (κ1) is 12.0. The lowest BCUT2D eigenvalue weighted by Gasteiger charge is -2.03. The van der Waals surface area contributed by atoms with Gasteiger partial charge >= 0.3 is 0 Å². The normalized spacial score (nSPS) is 11.7. The minimum Gasteiger partial charge on any atom is -0.396 e. The molecule has 0 saturated heterocycles. The monoisotopic (exact) mass is 205 g/mol. The zero-order valence-corrected chi connectivity index (χ0v) is 9.24. The van der Waals surface area contributed by atoms with Gasteiger partial charge in [-0.15, -0.1) is 0 Å². The summed E-state index contributed by atoms with van der Waals surface area (Å²) in [5, 5.41) is 11.9. The second-order valence-electron chi connectivity index (χ2n) is 3.66. The average molecular weight is 205 g/mol. The first-order valence-corrected chi connectivity index (χ1v) is 5.36. The van der Waals surface area contributed by atoms with E-state index in [1.54, 1.807) is 0 Å². The number of nitrogens with one attached hydrogen (secondary N) is 1. The Kier molecular flexibility index (Phi) is 5.74. The molecule has 0 radical (unpaired) electrons. The molecule has 0 aliphatic heterocycles. The van der Waals surface area contributed by atoms with Crippen LogP contribution < -0.4 is 5.32 Å². The van der Waals surface area contributed by atoms with Crippen molar-refractivity contribution in [1.29, 1.82) is 0 Å². The van der Waals surface area contributed by atoms with Crippen molar-refractivity contribution in [3.05, 3.63) is 41.5 Å². The standard InChI is InChI=1S/C13H19NO/c1-12(11-14-8-5-9-15)10-13-6-3-2-4-7-13/h2-4,6-7,10,14-15H,5,8-9,11H2,1H3/b12-10+. The van der Waals surface area contributed by atoms with Crippen LogP contribution in [0.2, 0.25) is 0 Å². The van der Waals surface area contributed by atoms with Crippen molar-refractivity contribution < 1.29 is 5.11 Å². The van der Waals surface area contributed by atoms with E-state index in [-0.39, 0.29) is 6.61 Å². The highest BCUT2D eigenvalue weighted by molar-refractivity contribution is 5.52. The Bertz CT molecular complexity index is 293. The van der Waals surface area contributed by atoms with Gasteiger partial charge in [-0.05, 0) is 25.5 Å². The van der Waals surface area contributed by atoms with Gasteiger partial charge in [0.05, 0.1) is 0 Å². The lowest BCUT2D eigenvalue weighted by molar-refractivity contribution is 0.287. The highest BCUT2D eigenvalue weighted by Gasteiger charge is 1.91. The van der Waals surface area contributed by atoms with E-state index < -0.39 is 0 Å². The molecule has 0 heterocycles. The molecular formula is C13H19NO. The third-order valence-corrected chi connectivity index (χ3v) is 2.13. The van der Waals surface area contributed by atoms with Gasteiger partial charge in [0.1, 0.15) is 0 Å². The van der Waals surface area contributed by atoms with E-state index in [9.17, 15) is 0 Å². The van der Waals surface area contributed by atoms with Gasteiger partial charge < -0.3 is 10.4 Å². The van der Waals surface area contributed by atoms with E-state index in [2.05, 4.69) is 30.4 Å². The molecular weight excluding hydrogens is 186 g/mol. The fraction of sp³-hybridized carbons (Fsp3) is 0.385. The summed E-state index contributed by atoms with van der Waals surface area (Å²) in [4.78, 5) is 0. The quantitative estimate of drug-likeness (QED) is 0.697. The van der Waals surface area contributed by atoms with Crippen LogP contribution in [0.5, 0.6) is 0 Å². The molecule has 0 spiro atoms. The van der Waals surface area contributed by atoms with Gasteiger partial charge in [0, 0.05) is 13.2 Å². The Morgan fingerprint density at radius 2 is 2.07 bits per heavy atom. The second-order valence-corrected chi connectivity index (χ2v) is 3.66. The molecule has 0 unspecified atom stereocenters. The molecule has 0 fully saturated rings. The summed E-state index contributed by atoms with van der Waals surface area (Å²) >= 11 is 0. The fourth-order valence-electron chi connectivity index (χ4n) is 1.37. The van der Waals surface area contributed by atoms with E-state index in [4.69, 9.17) is 5.11 Å². The molecule has 0 atom stereocenters. The number of aliphatic hydroxyl groups is 1. The summed E-state index contributed by atoms with van der Waals surface area (Å²) in [5.41, 5.74) is 2.54. The molecule has 2 nitrogen and oxygen atoms in total. The number of rotatable bonds is 6. The Morgan fingerprint density at radius 1 is 1.33 bits per heavy atom. The molecule has 0 saturated carbocycles. The maximum Gasteiger partial charge on any atom is 0.0443 e. The lowest BCUT2D eigenvalue weighted by atomic mass is 10.1. The molecule has 1 aromatic carbocycles. The molecule has 1 aromatic rings. The van der Waals surface area contributed by atoms with Crippen LogP contribution in [0.1, 0.15) is 18.9 Å². The average Bonchev–Trinajstić information content (AvgIpc) is 2.26. The molecule has 82 valence electrons. The van der Waals surface area contributed by atoms with Crippen LogP contribution in [0.25, 0.3) is 6.08 Å². The van der Waals surface area contributed by atoms with Gasteiger partial charge in [-0.25, -0.2) is 0 Å². The number of hydrogen-bond acceptors (Lipinski definition) is 2. The zero-order chi connectivity index (χ0) is 10.9. The van der Waals surface area contributed by atoms with E-state index in [0.717, 1.165) is 19.5 Å². The van der Waals surface area contributed by atoms with Crippen molar-refractivity contribution in [2.75, 3.05) is 19.7 Å². The van der Waals surface area contributed by atoms with Crippen molar-refractivity contribution in [3.63, 3.8) is 0 Å². The Hall–Kier alpha value is -1.12. The van der Waals surface area contributed by atoms with E-state index in [0.29, 0.717) is 0 Å². The molecule has 0 aliphatic rings. The SMILES string of the molecule is C/C(=C\c1ccccc1)CNCCCO. The summed E-state index contributed by atoms with van der Waals surface area (Å²) in [6.07, 6.45) is 2.99. The number of benzene rings is 1. The lowest BCUT2D eigenvalue weighted by Crippen LogP contribution is -2.18. The summed E-state index contributed by atoms with van der Waals surface area (Å²) in [5.74, 6) is 0. The molecule has 0 aromatic heterocycles. The van der Waals surface area contributed by atoms with E-state index >= 15 is 0 Å². The maximum absolute atomic E-state index is 8.61. The van der Waals surface area contributed by atoms with Crippen molar-refractivity contribution in [2.24, 2.45) is 0 Å². The molecule has 2 N–H and O–H groups in total. The van der Waals surface area contributed by atoms with Crippen LogP contribution >= 0.6 is 0 Å². The van der Waals surface area contributed by atoms with Crippen LogP contribution in [-0.4, -0.2) is 24.8 Å². The molecule has 0 amide bonds. The van der Waals surface area contributed by atoms with Crippen molar-refractivity contribution >= 4 is 6.08 Å². The number of hydrogen-bond donors (Lipinski definition) is 2. The summed E-state index contributed by atoms with van der Waals surface area (Å²) < 4.78 is 0. The Morgan fingerprint density at radius 3 is 2.73 bits per heavy atom. The largest absolute Gasteiger partial charge is 0.396 e. The predicted molar refractivity (Wildman–Crippen MR) is 64.7 cm³/mol. The minimum absolute atomic E-state index is 0.258. The first-order valence-electron chi connectivity index (χ1n) is 5.36. The summed E-state index contributed by atoms with van der Waals surface area (Å²) in [6, 6.07) is 10.3. The highest BCUT2D eigenvalue weighted by atomic mass is 16.3. The van der Waals surface area contributed by atoms with Gasteiger partial charge in [-0.1, -0.05) is 42.0 Å². The minimum atomic E-state index is 0.258. The molecule has 2 heteroatoms. The molecule has 0 aliphatic carbocycles. The highest BCUT2D eigenvalue weighted by Crippen LogP contribution is 2.04. The van der Waals surface area contributed by atoms with Crippen molar-refractivity contribution in [2.45, 2.75) is 13.3 Å².